The van der Waals surface area contributed by atoms with Gasteiger partial charge in [0.05, 0.1) is 19.3 Å². The van der Waals surface area contributed by atoms with E-state index in [1.165, 1.54) is 11.1 Å². The second-order valence-electron chi connectivity index (χ2n) is 7.86. The van der Waals surface area contributed by atoms with Gasteiger partial charge >= 0.3 is 0 Å². The van der Waals surface area contributed by atoms with E-state index in [4.69, 9.17) is 16.3 Å². The maximum Gasteiger partial charge on any atom is 0.133 e. The van der Waals surface area contributed by atoms with Gasteiger partial charge in [0.15, 0.2) is 0 Å². The van der Waals surface area contributed by atoms with Crippen molar-refractivity contribution in [3.8, 4) is 0 Å². The zero-order valence-corrected chi connectivity index (χ0v) is 16.7. The lowest BCUT2D eigenvalue weighted by Gasteiger charge is -2.41. The molecule has 0 unspecified atom stereocenters. The molecule has 4 heterocycles. The van der Waals surface area contributed by atoms with Crippen molar-refractivity contribution < 1.29 is 4.74 Å². The van der Waals surface area contributed by atoms with E-state index in [1.54, 1.807) is 0 Å². The van der Waals surface area contributed by atoms with Gasteiger partial charge in [-0.3, -0.25) is 4.90 Å². The van der Waals surface area contributed by atoms with Crippen molar-refractivity contribution in [1.29, 1.82) is 0 Å². The maximum absolute atomic E-state index is 6.33. The van der Waals surface area contributed by atoms with E-state index >= 15 is 0 Å². The van der Waals surface area contributed by atoms with Crippen LogP contribution < -0.4 is 5.32 Å². The Morgan fingerprint density at radius 2 is 1.93 bits per heavy atom. The molecule has 5 nitrogen and oxygen atoms in total. The molecule has 144 valence electrons. The first-order chi connectivity index (χ1) is 13.1. The molecule has 0 bridgehead atoms. The molecule has 2 fully saturated rings. The first kappa shape index (κ1) is 18.7. The molecule has 6 heteroatoms. The molecule has 2 saturated heterocycles. The third-order valence-electron chi connectivity index (χ3n) is 5.66. The van der Waals surface area contributed by atoms with Gasteiger partial charge in [-0.1, -0.05) is 25.4 Å². The number of rotatable bonds is 5. The number of nitrogens with zero attached hydrogens (tertiary/aromatic N) is 3. The Morgan fingerprint density at radius 1 is 1.15 bits per heavy atom. The number of hydrogen-bond acceptors (Lipinski definition) is 5. The summed E-state index contributed by atoms with van der Waals surface area (Å²) in [5.41, 5.74) is 2.52. The number of halogens is 1. The summed E-state index contributed by atoms with van der Waals surface area (Å²) in [6.07, 6.45) is 4.14. The van der Waals surface area contributed by atoms with Crippen molar-refractivity contribution in [2.75, 3.05) is 31.6 Å². The zero-order chi connectivity index (χ0) is 18.8. The fourth-order valence-electron chi connectivity index (χ4n) is 3.85. The molecule has 0 atom stereocenters. The normalized spacial score (nSPS) is 19.3. The lowest BCUT2D eigenvalue weighted by atomic mass is 9.89. The van der Waals surface area contributed by atoms with Crippen LogP contribution in [-0.4, -0.2) is 47.2 Å². The van der Waals surface area contributed by atoms with E-state index < -0.39 is 0 Å². The van der Waals surface area contributed by atoms with Crippen molar-refractivity contribution in [2.24, 2.45) is 0 Å². The highest BCUT2D eigenvalue weighted by molar-refractivity contribution is 6.29. The van der Waals surface area contributed by atoms with Crippen LogP contribution in [0, 0.1) is 0 Å². The van der Waals surface area contributed by atoms with Crippen LogP contribution in [0.15, 0.2) is 30.5 Å². The van der Waals surface area contributed by atoms with Crippen LogP contribution in [0.1, 0.15) is 49.7 Å². The van der Waals surface area contributed by atoms with Gasteiger partial charge < -0.3 is 10.1 Å². The fourth-order valence-corrected chi connectivity index (χ4v) is 4.07. The molecule has 2 aromatic rings. The van der Waals surface area contributed by atoms with Gasteiger partial charge in [0.25, 0.3) is 0 Å². The summed E-state index contributed by atoms with van der Waals surface area (Å²) in [4.78, 5) is 11.4. The maximum atomic E-state index is 6.33. The van der Waals surface area contributed by atoms with Crippen molar-refractivity contribution in [3.63, 3.8) is 0 Å². The molecule has 0 aliphatic carbocycles. The number of anilines is 2. The van der Waals surface area contributed by atoms with Crippen LogP contribution >= 0.6 is 11.6 Å². The number of ether oxygens (including phenoxy) is 1. The quantitative estimate of drug-likeness (QED) is 0.762. The zero-order valence-electron chi connectivity index (χ0n) is 16.0. The van der Waals surface area contributed by atoms with Gasteiger partial charge in [0.1, 0.15) is 16.8 Å². The Morgan fingerprint density at radius 3 is 2.59 bits per heavy atom. The monoisotopic (exact) mass is 386 g/mol. The highest BCUT2D eigenvalue weighted by Crippen LogP contribution is 2.32. The topological polar surface area (TPSA) is 50.3 Å². The molecular weight excluding hydrogens is 360 g/mol. The van der Waals surface area contributed by atoms with Crippen LogP contribution in [0.3, 0.4) is 0 Å². The second-order valence-corrected chi connectivity index (χ2v) is 8.25. The molecule has 27 heavy (non-hydrogen) atoms. The minimum Gasteiger partial charge on any atom is -0.378 e. The molecule has 2 aliphatic heterocycles. The summed E-state index contributed by atoms with van der Waals surface area (Å²) >= 11 is 6.33. The van der Waals surface area contributed by atoms with Crippen molar-refractivity contribution in [3.05, 3.63) is 46.7 Å². The molecule has 0 radical (unpaired) electrons. The first-order valence-corrected chi connectivity index (χ1v) is 10.2. The van der Waals surface area contributed by atoms with Crippen LogP contribution in [0.2, 0.25) is 5.15 Å². The van der Waals surface area contributed by atoms with Gasteiger partial charge in [-0.2, -0.15) is 0 Å². The van der Waals surface area contributed by atoms with Crippen LogP contribution in [0.25, 0.3) is 0 Å². The fraction of sp³-hybridized carbons (Fsp3) is 0.524. The van der Waals surface area contributed by atoms with Crippen molar-refractivity contribution in [2.45, 2.75) is 44.6 Å². The number of piperidine rings is 1. The third-order valence-corrected chi connectivity index (χ3v) is 5.85. The number of likely N-dealkylation sites (tertiary alicyclic amines) is 1. The van der Waals surface area contributed by atoms with E-state index in [-0.39, 0.29) is 0 Å². The molecular formula is C21H27ClN4O. The highest BCUT2D eigenvalue weighted by Gasteiger charge is 2.30. The first-order valence-electron chi connectivity index (χ1n) is 9.81. The molecule has 2 aromatic heterocycles. The molecule has 4 rings (SSSR count). The summed E-state index contributed by atoms with van der Waals surface area (Å²) < 4.78 is 5.33. The Hall–Kier alpha value is -1.69. The lowest BCUT2D eigenvalue weighted by molar-refractivity contribution is -0.0712. The van der Waals surface area contributed by atoms with Gasteiger partial charge in [0, 0.05) is 6.20 Å². The van der Waals surface area contributed by atoms with E-state index in [2.05, 4.69) is 46.2 Å². The van der Waals surface area contributed by atoms with E-state index in [0.717, 1.165) is 50.8 Å². The summed E-state index contributed by atoms with van der Waals surface area (Å²) in [5.74, 6) is 2.56. The summed E-state index contributed by atoms with van der Waals surface area (Å²) in [6.45, 7) is 8.39. The SMILES string of the molecule is CC(C)c1ccnc(Nc2cc(C3CCN(C4COC4)CC3)cc(Cl)n2)c1. The average Bonchev–Trinajstić information content (AvgIpc) is 2.60. The minimum atomic E-state index is 0.461. The van der Waals surface area contributed by atoms with Crippen LogP contribution in [-0.2, 0) is 4.74 Å². The van der Waals surface area contributed by atoms with Crippen LogP contribution in [0.5, 0.6) is 0 Å². The second kappa shape index (κ2) is 8.13. The summed E-state index contributed by atoms with van der Waals surface area (Å²) in [7, 11) is 0. The smallest absolute Gasteiger partial charge is 0.133 e. The summed E-state index contributed by atoms with van der Waals surface area (Å²) in [5, 5.41) is 3.86. The van der Waals surface area contributed by atoms with Crippen molar-refractivity contribution in [1.82, 2.24) is 14.9 Å². The van der Waals surface area contributed by atoms with Crippen LogP contribution in [0.4, 0.5) is 11.6 Å². The predicted molar refractivity (Wildman–Crippen MR) is 109 cm³/mol. The van der Waals surface area contributed by atoms with Gasteiger partial charge in [0.2, 0.25) is 0 Å². The third kappa shape index (κ3) is 4.42. The molecule has 0 aromatic carbocycles. The molecule has 1 N–H and O–H groups in total. The van der Waals surface area contributed by atoms with Gasteiger partial charge in [-0.25, -0.2) is 9.97 Å². The van der Waals surface area contributed by atoms with E-state index in [1.807, 2.05) is 18.3 Å². The molecule has 0 saturated carbocycles. The average molecular weight is 387 g/mol. The lowest BCUT2D eigenvalue weighted by Crippen LogP contribution is -2.51. The van der Waals surface area contributed by atoms with E-state index in [0.29, 0.717) is 23.0 Å². The summed E-state index contributed by atoms with van der Waals surface area (Å²) in [6, 6.07) is 8.89. The standard InChI is InChI=1S/C21H27ClN4O/c1-14(2)16-3-6-23-20(10-16)25-21-11-17(9-19(22)24-21)15-4-7-26(8-5-15)18-12-27-13-18/h3,6,9-11,14-15,18H,4-5,7-8,12-13H2,1-2H3,(H,23,24,25). The molecule has 0 spiro atoms. The van der Waals surface area contributed by atoms with Gasteiger partial charge in [-0.05, 0) is 73.2 Å². The molecule has 2 aliphatic rings. The van der Waals surface area contributed by atoms with E-state index in [9.17, 15) is 0 Å². The highest BCUT2D eigenvalue weighted by atomic mass is 35.5. The van der Waals surface area contributed by atoms with Crippen molar-refractivity contribution >= 4 is 23.2 Å². The molecule has 0 amide bonds. The Labute approximate surface area is 166 Å². The Bertz CT molecular complexity index is 786. The number of hydrogen-bond donors (Lipinski definition) is 1. The Balaban J connectivity index is 1.46. The number of nitrogens with one attached hydrogen (secondary N) is 1. The number of pyridine rings is 2. The Kier molecular flexibility index (Phi) is 5.62. The van der Waals surface area contributed by atoms with Gasteiger partial charge in [-0.15, -0.1) is 0 Å². The predicted octanol–water partition coefficient (Wildman–Crippen LogP) is 4.58. The number of aromatic nitrogens is 2. The minimum absolute atomic E-state index is 0.461. The largest absolute Gasteiger partial charge is 0.378 e.